The van der Waals surface area contributed by atoms with Crippen LogP contribution in [0, 0.1) is 12.7 Å². The maximum absolute atomic E-state index is 13.8. The Morgan fingerprint density at radius 1 is 1.25 bits per heavy atom. The Bertz CT molecular complexity index is 1110. The molecule has 148 valence electrons. The maximum atomic E-state index is 13.8. The van der Waals surface area contributed by atoms with Crippen LogP contribution in [0.15, 0.2) is 35.1 Å². The monoisotopic (exact) mass is 387 g/mol. The van der Waals surface area contributed by atoms with Gasteiger partial charge in [0.25, 0.3) is 5.56 Å². The molecule has 0 saturated carbocycles. The number of rotatable bonds is 6. The number of halogens is 1. The third-order valence-electron chi connectivity index (χ3n) is 4.53. The van der Waals surface area contributed by atoms with Crippen LogP contribution in [0.2, 0.25) is 0 Å². The molecule has 0 spiro atoms. The van der Waals surface area contributed by atoms with E-state index in [2.05, 4.69) is 5.10 Å². The van der Waals surface area contributed by atoms with Gasteiger partial charge in [-0.25, -0.2) is 9.07 Å². The number of carboxylic acids is 1. The summed E-state index contributed by atoms with van der Waals surface area (Å²) in [4.78, 5) is 23.3. The van der Waals surface area contributed by atoms with E-state index in [9.17, 15) is 24.2 Å². The predicted molar refractivity (Wildman–Crippen MR) is 102 cm³/mol. The van der Waals surface area contributed by atoms with E-state index in [4.69, 9.17) is 0 Å². The van der Waals surface area contributed by atoms with E-state index in [1.54, 1.807) is 37.5 Å². The smallest absolute Gasteiger partial charge is 0.323 e. The third-order valence-corrected chi connectivity index (χ3v) is 4.53. The molecule has 1 aromatic carbocycles. The van der Waals surface area contributed by atoms with Gasteiger partial charge in [0, 0.05) is 29.1 Å². The van der Waals surface area contributed by atoms with E-state index < -0.39 is 17.4 Å². The van der Waals surface area contributed by atoms with E-state index in [1.807, 2.05) is 0 Å². The van der Waals surface area contributed by atoms with Crippen LogP contribution in [0.1, 0.15) is 30.8 Å². The lowest BCUT2D eigenvalue weighted by molar-refractivity contribution is -0.137. The largest absolute Gasteiger partial charge is 0.480 e. The van der Waals surface area contributed by atoms with E-state index in [-0.39, 0.29) is 18.6 Å². The maximum Gasteiger partial charge on any atom is 0.323 e. The topological polar surface area (TPSA) is 97.4 Å². The van der Waals surface area contributed by atoms with Crippen LogP contribution >= 0.6 is 0 Å². The van der Waals surface area contributed by atoms with Gasteiger partial charge in [0.15, 0.2) is 0 Å². The lowest BCUT2D eigenvalue weighted by Crippen LogP contribution is -2.34. The molecular formula is C20H22FN3O4. The molecule has 0 aliphatic carbocycles. The van der Waals surface area contributed by atoms with Crippen LogP contribution in [0.3, 0.4) is 0 Å². The van der Waals surface area contributed by atoms with Crippen LogP contribution in [0.4, 0.5) is 4.39 Å². The van der Waals surface area contributed by atoms with Crippen molar-refractivity contribution in [1.29, 1.82) is 0 Å². The molecular weight excluding hydrogens is 365 g/mol. The van der Waals surface area contributed by atoms with Gasteiger partial charge in [0.05, 0.1) is 17.8 Å². The second-order valence-corrected chi connectivity index (χ2v) is 7.52. The van der Waals surface area contributed by atoms with Crippen molar-refractivity contribution < 1.29 is 19.4 Å². The van der Waals surface area contributed by atoms with Crippen molar-refractivity contribution in [2.45, 2.75) is 45.9 Å². The van der Waals surface area contributed by atoms with Crippen LogP contribution in [-0.2, 0) is 24.3 Å². The zero-order valence-electron chi connectivity index (χ0n) is 15.9. The number of carbonyl (C=O) groups is 1. The van der Waals surface area contributed by atoms with Crippen molar-refractivity contribution in [3.63, 3.8) is 0 Å². The summed E-state index contributed by atoms with van der Waals surface area (Å²) in [7, 11) is 0. The molecule has 7 nitrogen and oxygen atoms in total. The average Bonchev–Trinajstić information content (AvgIpc) is 2.81. The first kappa shape index (κ1) is 19.8. The second kappa shape index (κ2) is 7.20. The molecule has 0 saturated heterocycles. The fraction of sp³-hybridized carbons (Fsp3) is 0.350. The molecule has 28 heavy (non-hydrogen) atoms. The normalized spacial score (nSPS) is 11.9. The Morgan fingerprint density at radius 2 is 1.96 bits per heavy atom. The standard InChI is InChI=1S/C20H22FN3O4/c1-12-15(9-14-5-7-18(25)24(22-14)11-20(2,3)28)16-8-13(21)4-6-17(16)23(12)10-19(26)27/h4-8,28H,9-11H2,1-3H3,(H,26,27). The highest BCUT2D eigenvalue weighted by Crippen LogP contribution is 2.28. The molecule has 2 aromatic heterocycles. The summed E-state index contributed by atoms with van der Waals surface area (Å²) in [6.07, 6.45) is 0.296. The van der Waals surface area contributed by atoms with Crippen molar-refractivity contribution in [2.24, 2.45) is 0 Å². The fourth-order valence-corrected chi connectivity index (χ4v) is 3.33. The van der Waals surface area contributed by atoms with Crippen molar-refractivity contribution in [3.8, 4) is 0 Å². The molecule has 0 bridgehead atoms. The highest BCUT2D eigenvalue weighted by molar-refractivity contribution is 5.87. The quantitative estimate of drug-likeness (QED) is 0.675. The number of hydrogen-bond donors (Lipinski definition) is 2. The molecule has 0 amide bonds. The van der Waals surface area contributed by atoms with Gasteiger partial charge in [-0.3, -0.25) is 9.59 Å². The first-order valence-electron chi connectivity index (χ1n) is 8.83. The van der Waals surface area contributed by atoms with Crippen molar-refractivity contribution in [1.82, 2.24) is 14.3 Å². The lowest BCUT2D eigenvalue weighted by atomic mass is 10.1. The van der Waals surface area contributed by atoms with Gasteiger partial charge >= 0.3 is 5.97 Å². The number of carboxylic acid groups (broad SMARTS) is 1. The van der Waals surface area contributed by atoms with Gasteiger partial charge in [-0.15, -0.1) is 0 Å². The predicted octanol–water partition coefficient (Wildman–Crippen LogP) is 2.09. The van der Waals surface area contributed by atoms with Crippen molar-refractivity contribution in [2.75, 3.05) is 0 Å². The highest BCUT2D eigenvalue weighted by atomic mass is 19.1. The zero-order chi connectivity index (χ0) is 20.6. The van der Waals surface area contributed by atoms with Gasteiger partial charge in [-0.1, -0.05) is 0 Å². The molecule has 3 rings (SSSR count). The van der Waals surface area contributed by atoms with Gasteiger partial charge < -0.3 is 14.8 Å². The Labute approximate surface area is 160 Å². The summed E-state index contributed by atoms with van der Waals surface area (Å²) < 4.78 is 16.7. The molecule has 0 atom stereocenters. The third kappa shape index (κ3) is 4.12. The summed E-state index contributed by atoms with van der Waals surface area (Å²) in [5.74, 6) is -1.41. The summed E-state index contributed by atoms with van der Waals surface area (Å²) >= 11 is 0. The molecule has 0 unspecified atom stereocenters. The number of nitrogens with zero attached hydrogens (tertiary/aromatic N) is 3. The van der Waals surface area contributed by atoms with E-state index in [0.29, 0.717) is 28.7 Å². The van der Waals surface area contributed by atoms with Crippen molar-refractivity contribution in [3.05, 3.63) is 63.5 Å². The first-order valence-corrected chi connectivity index (χ1v) is 8.83. The van der Waals surface area contributed by atoms with Crippen LogP contribution < -0.4 is 5.56 Å². The van der Waals surface area contributed by atoms with Gasteiger partial charge in [0.1, 0.15) is 12.4 Å². The van der Waals surface area contributed by atoms with E-state index in [1.165, 1.54) is 22.9 Å². The molecule has 8 heteroatoms. The summed E-state index contributed by atoms with van der Waals surface area (Å²) in [6.45, 7) is 4.75. The SMILES string of the molecule is Cc1c(Cc2ccc(=O)n(CC(C)(C)O)n2)c2cc(F)ccc2n1CC(=O)O. The molecule has 2 heterocycles. The molecule has 0 radical (unpaired) electrons. The Morgan fingerprint density at radius 3 is 2.61 bits per heavy atom. The second-order valence-electron chi connectivity index (χ2n) is 7.52. The Hall–Kier alpha value is -3.00. The lowest BCUT2D eigenvalue weighted by Gasteiger charge is -2.18. The molecule has 0 aliphatic heterocycles. The first-order chi connectivity index (χ1) is 13.0. The van der Waals surface area contributed by atoms with Crippen LogP contribution in [-0.4, -0.2) is 36.1 Å². The fourth-order valence-electron chi connectivity index (χ4n) is 3.33. The molecule has 2 N–H and O–H groups in total. The molecule has 0 aliphatic rings. The molecule has 3 aromatic rings. The Balaban J connectivity index is 2.09. The highest BCUT2D eigenvalue weighted by Gasteiger charge is 2.19. The summed E-state index contributed by atoms with van der Waals surface area (Å²) in [5, 5.41) is 24.1. The summed E-state index contributed by atoms with van der Waals surface area (Å²) in [5.41, 5.74) is 1.20. The van der Waals surface area contributed by atoms with E-state index in [0.717, 1.165) is 5.56 Å². The Kier molecular flexibility index (Phi) is 5.08. The van der Waals surface area contributed by atoms with E-state index >= 15 is 0 Å². The minimum absolute atomic E-state index is 0.0358. The van der Waals surface area contributed by atoms with Gasteiger partial charge in [-0.2, -0.15) is 5.10 Å². The van der Waals surface area contributed by atoms with Crippen LogP contribution in [0.25, 0.3) is 10.9 Å². The van der Waals surface area contributed by atoms with Crippen LogP contribution in [0.5, 0.6) is 0 Å². The molecule has 0 fully saturated rings. The van der Waals surface area contributed by atoms with Gasteiger partial charge in [0.2, 0.25) is 0 Å². The number of benzene rings is 1. The minimum atomic E-state index is -1.11. The number of hydrogen-bond acceptors (Lipinski definition) is 4. The summed E-state index contributed by atoms with van der Waals surface area (Å²) in [6, 6.07) is 7.20. The number of aromatic nitrogens is 3. The minimum Gasteiger partial charge on any atom is -0.480 e. The zero-order valence-corrected chi connectivity index (χ0v) is 15.9. The number of aliphatic hydroxyl groups is 1. The van der Waals surface area contributed by atoms with Crippen molar-refractivity contribution >= 4 is 16.9 Å². The number of aliphatic carboxylic acids is 1. The number of fused-ring (bicyclic) bond motifs is 1. The average molecular weight is 387 g/mol. The van der Waals surface area contributed by atoms with Gasteiger partial charge in [-0.05, 0) is 50.6 Å².